The number of ether oxygens (including phenoxy) is 1. The molecule has 0 atom stereocenters. The molecule has 31 heteroatoms. The van der Waals surface area contributed by atoms with Crippen molar-refractivity contribution in [2.75, 3.05) is 0 Å². The van der Waals surface area contributed by atoms with Crippen LogP contribution in [0, 0.1) is 53.5 Å². The van der Waals surface area contributed by atoms with Crippen molar-refractivity contribution in [2.45, 2.75) is 13.3 Å². The highest BCUT2D eigenvalue weighted by atomic mass is 35.5. The molecular formula is C92H58ClF11N6O13. The number of carboxylic acids is 6. The Morgan fingerprint density at radius 3 is 0.959 bits per heavy atom. The number of carbonyl (C=O) groups is 6. The van der Waals surface area contributed by atoms with Gasteiger partial charge in [-0.2, -0.15) is 0 Å². The Kier molecular flexibility index (Phi) is 24.6. The van der Waals surface area contributed by atoms with Crippen LogP contribution in [0.4, 0.5) is 48.3 Å². The molecular weight excluding hydrogens is 1640 g/mol. The van der Waals surface area contributed by atoms with Crippen LogP contribution in [0.5, 0.6) is 5.75 Å². The Labute approximate surface area is 691 Å². The molecule has 0 amide bonds. The molecule has 12 aromatic carbocycles. The zero-order chi connectivity index (χ0) is 88.0. The third-order valence-electron chi connectivity index (χ3n) is 19.0. The number of nitrogens with zero attached hydrogens (tertiary/aromatic N) is 6. The predicted molar refractivity (Wildman–Crippen MR) is 437 cm³/mol. The van der Waals surface area contributed by atoms with Gasteiger partial charge in [0.05, 0.1) is 88.6 Å². The summed E-state index contributed by atoms with van der Waals surface area (Å²) in [6, 6.07) is 64.9. The molecule has 0 saturated heterocycles. The molecule has 0 aliphatic rings. The Balaban J connectivity index is 0.000000127. The number of hydrogen-bond acceptors (Lipinski definition) is 7. The minimum absolute atomic E-state index is 0.0679. The first-order valence-electron chi connectivity index (χ1n) is 36.1. The van der Waals surface area contributed by atoms with Crippen LogP contribution < -0.4 is 4.74 Å². The maximum absolute atomic E-state index is 13.8. The maximum atomic E-state index is 13.8. The van der Waals surface area contributed by atoms with Crippen molar-refractivity contribution >= 4 is 113 Å². The standard InChI is InChI=1S/C16H10F3NO3.C16H13NO2.C15H9ClFNO2.C15H8F3NO2.2C15H9F2NO2/c17-16(18,19)23-13-4-2-12(3-5-13)20-8-7-10-9-11(15(21)22)1-6-14(10)20;1-11-3-2-4-14(9-11)17-8-7-12-10-13(16(18)19)5-6-15(12)17;16-12-3-2-11(8-13(12)17)18-6-5-9-7-10(15(19)20)1-4-14(9)18;16-11-6-10(7-12(17)14(11)18)19-4-3-8-5-9(15(20)21)1-2-13(8)19;16-11-2-3-12(17)14(8-11)18-6-5-9-7-10(15(19)20)1-4-13(9)18;16-11-6-12(17)8-13(7-11)18-4-3-9-5-10(15(19)20)1-2-14(9)18/h1-9H,(H,21,22);2-10H,1H3,(H,18,19);1-8H,(H,19,20);1-7H,(H,20,21);2*1-8H,(H,19,20). The Morgan fingerprint density at radius 1 is 0.293 bits per heavy atom. The molecule has 0 unspecified atom stereocenters. The van der Waals surface area contributed by atoms with E-state index in [9.17, 15) is 77.1 Å². The number of aromatic carboxylic acids is 6. The summed E-state index contributed by atoms with van der Waals surface area (Å²) in [6.45, 7) is 2.05. The van der Waals surface area contributed by atoms with Gasteiger partial charge in [-0.25, -0.2) is 63.9 Å². The average Bonchev–Trinajstić information content (AvgIpc) is 1.68. The Morgan fingerprint density at radius 2 is 0.610 bits per heavy atom. The molecule has 18 aromatic rings. The van der Waals surface area contributed by atoms with Crippen LogP contribution in [0.15, 0.2) is 298 Å². The van der Waals surface area contributed by atoms with Gasteiger partial charge in [0.25, 0.3) is 0 Å². The van der Waals surface area contributed by atoms with E-state index >= 15 is 0 Å². The van der Waals surface area contributed by atoms with Crippen molar-refractivity contribution in [2.24, 2.45) is 0 Å². The molecule has 618 valence electrons. The summed E-state index contributed by atoms with van der Waals surface area (Å²) in [5.74, 6) is -13.3. The minimum Gasteiger partial charge on any atom is -0.478 e. The second-order valence-corrected chi connectivity index (χ2v) is 27.4. The molecule has 0 aliphatic carbocycles. The van der Waals surface area contributed by atoms with E-state index in [2.05, 4.69) is 28.4 Å². The zero-order valence-corrected chi connectivity index (χ0v) is 63.8. The van der Waals surface area contributed by atoms with E-state index in [1.807, 2.05) is 30.5 Å². The summed E-state index contributed by atoms with van der Waals surface area (Å²) >= 11 is 5.67. The number of aromatic nitrogens is 6. The first-order valence-corrected chi connectivity index (χ1v) is 36.5. The van der Waals surface area contributed by atoms with E-state index in [0.717, 1.165) is 74.8 Å². The number of alkyl halides is 3. The molecule has 0 radical (unpaired) electrons. The van der Waals surface area contributed by atoms with Gasteiger partial charge in [0.15, 0.2) is 17.5 Å². The summed E-state index contributed by atoms with van der Waals surface area (Å²) in [5.41, 5.74) is 9.63. The molecule has 6 N–H and O–H groups in total. The Hall–Kier alpha value is -16.0. The number of fused-ring (bicyclic) bond motifs is 6. The number of halogens is 12. The van der Waals surface area contributed by atoms with E-state index in [1.54, 1.807) is 117 Å². The van der Waals surface area contributed by atoms with Gasteiger partial charge in [0.2, 0.25) is 0 Å². The van der Waals surface area contributed by atoms with Crippen LogP contribution in [0.2, 0.25) is 5.02 Å². The van der Waals surface area contributed by atoms with Crippen LogP contribution in [0.1, 0.15) is 67.7 Å². The molecule has 0 bridgehead atoms. The molecule has 123 heavy (non-hydrogen) atoms. The summed E-state index contributed by atoms with van der Waals surface area (Å²) < 4.78 is 157. The van der Waals surface area contributed by atoms with Crippen molar-refractivity contribution in [1.29, 1.82) is 0 Å². The fourth-order valence-electron chi connectivity index (χ4n) is 13.2. The molecule has 6 heterocycles. The number of carboxylic acid groups (broad SMARTS) is 6. The van der Waals surface area contributed by atoms with Gasteiger partial charge in [-0.15, -0.1) is 13.2 Å². The average molecular weight is 1700 g/mol. The van der Waals surface area contributed by atoms with E-state index < -0.39 is 88.7 Å². The zero-order valence-electron chi connectivity index (χ0n) is 63.1. The van der Waals surface area contributed by atoms with E-state index in [4.69, 9.17) is 42.2 Å². The highest BCUT2D eigenvalue weighted by Crippen LogP contribution is 2.33. The fourth-order valence-corrected chi connectivity index (χ4v) is 13.4. The lowest BCUT2D eigenvalue weighted by Crippen LogP contribution is -2.17. The number of benzene rings is 12. The smallest absolute Gasteiger partial charge is 0.478 e. The van der Waals surface area contributed by atoms with Crippen LogP contribution in [-0.4, -0.2) is 100 Å². The quantitative estimate of drug-likeness (QED) is 0.0464. The second-order valence-electron chi connectivity index (χ2n) is 27.0. The largest absolute Gasteiger partial charge is 0.573 e. The number of hydrogen-bond donors (Lipinski definition) is 6. The number of rotatable bonds is 13. The lowest BCUT2D eigenvalue weighted by atomic mass is 10.1. The van der Waals surface area contributed by atoms with Crippen LogP contribution >= 0.6 is 11.6 Å². The van der Waals surface area contributed by atoms with Crippen LogP contribution in [-0.2, 0) is 0 Å². The molecule has 18 rings (SSSR count). The number of aryl methyl sites for hydroxylation is 1. The van der Waals surface area contributed by atoms with Crippen molar-refractivity contribution in [3.05, 3.63) is 389 Å². The molecule has 0 aliphatic heterocycles. The van der Waals surface area contributed by atoms with Gasteiger partial charge < -0.3 is 62.8 Å². The summed E-state index contributed by atoms with van der Waals surface area (Å²) in [4.78, 5) is 65.6. The molecule has 0 saturated carbocycles. The van der Waals surface area contributed by atoms with Gasteiger partial charge >= 0.3 is 42.2 Å². The van der Waals surface area contributed by atoms with Gasteiger partial charge in [0, 0.05) is 111 Å². The van der Waals surface area contributed by atoms with Gasteiger partial charge in [-0.1, -0.05) is 23.7 Å². The van der Waals surface area contributed by atoms with Crippen molar-refractivity contribution in [3.8, 4) is 39.9 Å². The lowest BCUT2D eigenvalue weighted by molar-refractivity contribution is -0.274. The molecule has 0 spiro atoms. The van der Waals surface area contributed by atoms with Gasteiger partial charge in [-0.05, 0) is 237 Å². The third kappa shape index (κ3) is 19.4. The topological polar surface area (TPSA) is 263 Å². The summed E-state index contributed by atoms with van der Waals surface area (Å²) in [6.07, 6.45) is 5.47. The minimum atomic E-state index is -4.73. The van der Waals surface area contributed by atoms with Crippen LogP contribution in [0.3, 0.4) is 0 Å². The first kappa shape index (κ1) is 84.9. The van der Waals surface area contributed by atoms with E-state index in [0.29, 0.717) is 55.3 Å². The van der Waals surface area contributed by atoms with Gasteiger partial charge in [-0.3, -0.25) is 0 Å². The van der Waals surface area contributed by atoms with Crippen LogP contribution in [0.25, 0.3) is 99.5 Å². The van der Waals surface area contributed by atoms with Crippen molar-refractivity contribution < 1.29 is 112 Å². The van der Waals surface area contributed by atoms with Crippen molar-refractivity contribution in [3.63, 3.8) is 0 Å². The third-order valence-corrected chi connectivity index (χ3v) is 19.3. The summed E-state index contributed by atoms with van der Waals surface area (Å²) in [7, 11) is 0. The second kappa shape index (κ2) is 35.7. The molecule has 19 nitrogen and oxygen atoms in total. The highest BCUT2D eigenvalue weighted by Gasteiger charge is 2.31. The fraction of sp³-hybridized carbons (Fsp3) is 0.0217. The lowest BCUT2D eigenvalue weighted by Gasteiger charge is -2.10. The predicted octanol–water partition coefficient (Wildman–Crippen LogP) is 22.9. The van der Waals surface area contributed by atoms with E-state index in [1.165, 1.54) is 130 Å². The maximum Gasteiger partial charge on any atom is 0.573 e. The highest BCUT2D eigenvalue weighted by molar-refractivity contribution is 6.30. The SMILES string of the molecule is Cc1cccc(-n2ccc3cc(C(=O)O)ccc32)c1.O=C(O)c1ccc2c(ccn2-c2cc(F)c(F)c(F)c2)c1.O=C(O)c1ccc2c(ccn2-c2cc(F)cc(F)c2)c1.O=C(O)c1ccc2c(ccn2-c2cc(F)ccc2F)c1.O=C(O)c1ccc2c(ccn2-c2ccc(Cl)c(F)c2)c1.O=C(O)c1ccc2c(ccn2-c2ccc(OC(F)(F)F)cc2)c1. The summed E-state index contributed by atoms with van der Waals surface area (Å²) in [5, 5.41) is 58.2. The van der Waals surface area contributed by atoms with Gasteiger partial charge in [0.1, 0.15) is 34.8 Å². The van der Waals surface area contributed by atoms with E-state index in [-0.39, 0.29) is 50.0 Å². The van der Waals surface area contributed by atoms with Crippen molar-refractivity contribution in [1.82, 2.24) is 27.4 Å². The Bertz CT molecular complexity index is 7130. The normalized spacial score (nSPS) is 11.0. The molecule has 6 aromatic heterocycles. The monoisotopic (exact) mass is 1700 g/mol. The first-order chi connectivity index (χ1) is 58.6. The molecule has 0 fully saturated rings.